The number of carbonyl (C=O) groups excluding carboxylic acids is 1. The molecule has 0 aliphatic heterocycles. The van der Waals surface area contributed by atoms with Crippen LogP contribution >= 0.6 is 12.4 Å². The number of hydrogen-bond donors (Lipinski definition) is 2. The lowest BCUT2D eigenvalue weighted by Gasteiger charge is -2.33. The van der Waals surface area contributed by atoms with Gasteiger partial charge in [0.2, 0.25) is 0 Å². The molecule has 0 heterocycles. The SMILES string of the molecule is CS(=O)(=O)c1ccc(C(=O)NCC2(N)CCCCC2)cc1.Cl. The van der Waals surface area contributed by atoms with Gasteiger partial charge in [0, 0.05) is 23.9 Å². The van der Waals surface area contributed by atoms with E-state index in [2.05, 4.69) is 5.32 Å². The minimum atomic E-state index is -3.24. The van der Waals surface area contributed by atoms with Gasteiger partial charge in [-0.15, -0.1) is 12.4 Å². The summed E-state index contributed by atoms with van der Waals surface area (Å²) in [6.45, 7) is 0.458. The fourth-order valence-corrected chi connectivity index (χ4v) is 3.28. The molecule has 1 aromatic carbocycles. The van der Waals surface area contributed by atoms with E-state index in [1.54, 1.807) is 0 Å². The Bertz CT molecular complexity index is 608. The molecule has 0 aromatic heterocycles. The second kappa shape index (κ2) is 7.44. The van der Waals surface area contributed by atoms with Gasteiger partial charge < -0.3 is 11.1 Å². The molecule has 0 atom stereocenters. The van der Waals surface area contributed by atoms with Crippen molar-refractivity contribution >= 4 is 28.2 Å². The molecular formula is C15H23ClN2O3S. The molecule has 7 heteroatoms. The van der Waals surface area contributed by atoms with Crippen molar-refractivity contribution in [3.05, 3.63) is 29.8 Å². The third kappa shape index (κ3) is 4.97. The van der Waals surface area contributed by atoms with Crippen LogP contribution < -0.4 is 11.1 Å². The number of nitrogens with two attached hydrogens (primary N) is 1. The molecule has 0 bridgehead atoms. The van der Waals surface area contributed by atoms with Crippen LogP contribution in [0.4, 0.5) is 0 Å². The molecule has 1 aromatic rings. The highest BCUT2D eigenvalue weighted by atomic mass is 35.5. The zero-order valence-electron chi connectivity index (χ0n) is 12.7. The highest BCUT2D eigenvalue weighted by Crippen LogP contribution is 2.25. The zero-order valence-corrected chi connectivity index (χ0v) is 14.3. The van der Waals surface area contributed by atoms with Crippen molar-refractivity contribution in [1.82, 2.24) is 5.32 Å². The summed E-state index contributed by atoms with van der Waals surface area (Å²) in [5, 5.41) is 2.85. The van der Waals surface area contributed by atoms with Crippen molar-refractivity contribution in [2.75, 3.05) is 12.8 Å². The lowest BCUT2D eigenvalue weighted by molar-refractivity contribution is 0.0937. The second-order valence-corrected chi connectivity index (χ2v) is 7.92. The summed E-state index contributed by atoms with van der Waals surface area (Å²) in [7, 11) is -3.24. The minimum absolute atomic E-state index is 0. The highest BCUT2D eigenvalue weighted by Gasteiger charge is 2.27. The lowest BCUT2D eigenvalue weighted by atomic mass is 9.82. The molecule has 1 saturated carbocycles. The first-order valence-corrected chi connectivity index (χ1v) is 9.07. The Labute approximate surface area is 138 Å². The number of rotatable bonds is 4. The van der Waals surface area contributed by atoms with Gasteiger partial charge in [-0.1, -0.05) is 19.3 Å². The Hall–Kier alpha value is -1.11. The first kappa shape index (κ1) is 18.9. The quantitative estimate of drug-likeness (QED) is 0.871. The molecule has 1 amide bonds. The zero-order chi connectivity index (χ0) is 15.5. The van der Waals surface area contributed by atoms with E-state index in [1.807, 2.05) is 0 Å². The summed E-state index contributed by atoms with van der Waals surface area (Å²) in [6, 6.07) is 5.94. The van der Waals surface area contributed by atoms with Gasteiger partial charge in [0.15, 0.2) is 9.84 Å². The van der Waals surface area contributed by atoms with E-state index in [0.717, 1.165) is 31.9 Å². The molecular weight excluding hydrogens is 324 g/mol. The van der Waals surface area contributed by atoms with Crippen molar-refractivity contribution < 1.29 is 13.2 Å². The topological polar surface area (TPSA) is 89.3 Å². The maximum atomic E-state index is 12.1. The van der Waals surface area contributed by atoms with Crippen molar-refractivity contribution in [1.29, 1.82) is 0 Å². The summed E-state index contributed by atoms with van der Waals surface area (Å²) in [6.07, 6.45) is 6.43. The number of hydrogen-bond acceptors (Lipinski definition) is 4. The van der Waals surface area contributed by atoms with Crippen LogP contribution in [0.1, 0.15) is 42.5 Å². The third-order valence-corrected chi connectivity index (χ3v) is 5.12. The molecule has 2 rings (SSSR count). The summed E-state index contributed by atoms with van der Waals surface area (Å²) < 4.78 is 22.7. The molecule has 0 saturated heterocycles. The lowest BCUT2D eigenvalue weighted by Crippen LogP contribution is -2.51. The van der Waals surface area contributed by atoms with Crippen LogP contribution in [0, 0.1) is 0 Å². The van der Waals surface area contributed by atoms with Crippen LogP contribution in [-0.2, 0) is 9.84 Å². The number of amides is 1. The van der Waals surface area contributed by atoms with E-state index in [1.165, 1.54) is 30.7 Å². The predicted octanol–water partition coefficient (Wildman–Crippen LogP) is 1.90. The summed E-state index contributed by atoms with van der Waals surface area (Å²) >= 11 is 0. The van der Waals surface area contributed by atoms with Gasteiger partial charge in [0.05, 0.1) is 4.90 Å². The smallest absolute Gasteiger partial charge is 0.251 e. The fraction of sp³-hybridized carbons (Fsp3) is 0.533. The van der Waals surface area contributed by atoms with Gasteiger partial charge in [-0.05, 0) is 37.1 Å². The van der Waals surface area contributed by atoms with Crippen LogP contribution in [0.25, 0.3) is 0 Å². The maximum Gasteiger partial charge on any atom is 0.251 e. The Morgan fingerprint density at radius 1 is 1.18 bits per heavy atom. The maximum absolute atomic E-state index is 12.1. The molecule has 0 spiro atoms. The van der Waals surface area contributed by atoms with Gasteiger partial charge in [0.1, 0.15) is 0 Å². The Morgan fingerprint density at radius 2 is 1.73 bits per heavy atom. The first-order chi connectivity index (χ1) is 9.80. The Morgan fingerprint density at radius 3 is 2.23 bits per heavy atom. The molecule has 1 aliphatic rings. The minimum Gasteiger partial charge on any atom is -0.350 e. The van der Waals surface area contributed by atoms with E-state index in [9.17, 15) is 13.2 Å². The molecule has 124 valence electrons. The van der Waals surface area contributed by atoms with Gasteiger partial charge in [-0.2, -0.15) is 0 Å². The molecule has 0 radical (unpaired) electrons. The second-order valence-electron chi connectivity index (χ2n) is 5.90. The standard InChI is InChI=1S/C15H22N2O3S.ClH/c1-21(19,20)13-7-5-12(6-8-13)14(18)17-11-15(16)9-3-2-4-10-15;/h5-8H,2-4,9-11,16H2,1H3,(H,17,18);1H. The largest absolute Gasteiger partial charge is 0.350 e. The first-order valence-electron chi connectivity index (χ1n) is 7.17. The Kier molecular flexibility index (Phi) is 6.40. The highest BCUT2D eigenvalue weighted by molar-refractivity contribution is 7.90. The average Bonchev–Trinajstić information content (AvgIpc) is 2.45. The van der Waals surface area contributed by atoms with E-state index in [0.29, 0.717) is 12.1 Å². The van der Waals surface area contributed by atoms with Crippen molar-refractivity contribution in [3.63, 3.8) is 0 Å². The van der Waals surface area contributed by atoms with Crippen molar-refractivity contribution in [2.45, 2.75) is 42.5 Å². The van der Waals surface area contributed by atoms with E-state index >= 15 is 0 Å². The molecule has 1 aliphatic carbocycles. The van der Waals surface area contributed by atoms with Crippen molar-refractivity contribution in [2.24, 2.45) is 5.73 Å². The van der Waals surface area contributed by atoms with Gasteiger partial charge >= 0.3 is 0 Å². The summed E-state index contributed by atoms with van der Waals surface area (Å²) in [5.41, 5.74) is 6.41. The molecule has 3 N–H and O–H groups in total. The van der Waals surface area contributed by atoms with Crippen LogP contribution in [0.2, 0.25) is 0 Å². The van der Waals surface area contributed by atoms with Crippen LogP contribution in [0.5, 0.6) is 0 Å². The van der Waals surface area contributed by atoms with Crippen LogP contribution in [0.15, 0.2) is 29.2 Å². The van der Waals surface area contributed by atoms with Gasteiger partial charge in [-0.25, -0.2) is 8.42 Å². The predicted molar refractivity (Wildman–Crippen MR) is 89.1 cm³/mol. The average molecular weight is 347 g/mol. The van der Waals surface area contributed by atoms with Crippen LogP contribution in [0.3, 0.4) is 0 Å². The van der Waals surface area contributed by atoms with Gasteiger partial charge in [-0.3, -0.25) is 4.79 Å². The number of halogens is 1. The molecule has 1 fully saturated rings. The van der Waals surface area contributed by atoms with Crippen LogP contribution in [-0.4, -0.2) is 32.7 Å². The molecule has 22 heavy (non-hydrogen) atoms. The van der Waals surface area contributed by atoms with E-state index in [4.69, 9.17) is 5.73 Å². The number of nitrogens with one attached hydrogen (secondary N) is 1. The normalized spacial score (nSPS) is 17.4. The van der Waals surface area contributed by atoms with Crippen molar-refractivity contribution in [3.8, 4) is 0 Å². The number of benzene rings is 1. The fourth-order valence-electron chi connectivity index (χ4n) is 2.64. The van der Waals surface area contributed by atoms with E-state index < -0.39 is 9.84 Å². The third-order valence-electron chi connectivity index (χ3n) is 4.00. The summed E-state index contributed by atoms with van der Waals surface area (Å²) in [4.78, 5) is 12.3. The molecule has 0 unspecified atom stereocenters. The number of sulfone groups is 1. The van der Waals surface area contributed by atoms with Gasteiger partial charge in [0.25, 0.3) is 5.91 Å². The molecule has 5 nitrogen and oxygen atoms in total. The summed E-state index contributed by atoms with van der Waals surface area (Å²) in [5.74, 6) is -0.217. The monoisotopic (exact) mass is 346 g/mol. The van der Waals surface area contributed by atoms with E-state index in [-0.39, 0.29) is 28.7 Å². The Balaban J connectivity index is 0.00000242. The number of carbonyl (C=O) groups is 1.